The molecule has 0 saturated carbocycles. The number of hydrogen-bond donors (Lipinski definition) is 0. The Morgan fingerprint density at radius 1 is 0.889 bits per heavy atom. The largest absolute Gasteiger partial charge is 0.511 e. The maximum atomic E-state index is 11.1. The lowest BCUT2D eigenvalue weighted by Gasteiger charge is -2.13. The topological polar surface area (TPSA) is 88.1 Å². The van der Waals surface area contributed by atoms with Crippen LogP contribution < -0.4 is 0 Å². The van der Waals surface area contributed by atoms with Gasteiger partial charge in [0, 0.05) is 13.8 Å². The van der Waals surface area contributed by atoms with Crippen LogP contribution in [-0.4, -0.2) is 42.4 Å². The monoisotopic (exact) mass is 302 g/mol. The fourth-order valence-corrected chi connectivity index (χ4v) is 0.942. The molecule has 0 rings (SSSR count). The third kappa shape index (κ3) is 9.98. The van der Waals surface area contributed by atoms with Crippen molar-refractivity contribution < 1.29 is 33.3 Å². The summed E-state index contributed by atoms with van der Waals surface area (Å²) in [5, 5.41) is 0. The van der Waals surface area contributed by atoms with Crippen LogP contribution in [0.15, 0.2) is 0 Å². The Bertz CT molecular complexity index is 279. The summed E-state index contributed by atoms with van der Waals surface area (Å²) in [7, 11) is 0. The van der Waals surface area contributed by atoms with E-state index in [-0.39, 0.29) is 13.2 Å². The Balaban J connectivity index is 3.81. The van der Waals surface area contributed by atoms with Gasteiger partial charge in [-0.15, -0.1) is 0 Å². The molecule has 0 aromatic rings. The lowest BCUT2D eigenvalue weighted by Crippen LogP contribution is -2.24. The van der Waals surface area contributed by atoms with E-state index in [0.29, 0.717) is 0 Å². The number of esters is 2. The maximum absolute atomic E-state index is 11.1. The van der Waals surface area contributed by atoms with Crippen molar-refractivity contribution in [2.24, 2.45) is 0 Å². The molecule has 104 valence electrons. The molecule has 0 aromatic carbocycles. The third-order valence-electron chi connectivity index (χ3n) is 1.28. The average molecular weight is 303 g/mol. The van der Waals surface area contributed by atoms with Crippen LogP contribution in [0, 0.1) is 0 Å². The van der Waals surface area contributed by atoms with E-state index in [2.05, 4.69) is 18.9 Å². The molecule has 0 fully saturated rings. The molecule has 0 amide bonds. The summed E-state index contributed by atoms with van der Waals surface area (Å²) < 4.78 is 17.9. The van der Waals surface area contributed by atoms with E-state index >= 15 is 0 Å². The van der Waals surface area contributed by atoms with Gasteiger partial charge in [0.15, 0.2) is 0 Å². The minimum atomic E-state index is -1.20. The van der Waals surface area contributed by atoms with Crippen LogP contribution in [0.4, 0.5) is 4.79 Å². The normalized spacial score (nSPS) is 13.1. The standard InChI is InChI=1S/C9H12Cl2O7/c1-5(12)15-3-7(10)17-9(14)18-8(11)4-16-6(2)13/h7-8H,3-4H2,1-2H3. The van der Waals surface area contributed by atoms with Crippen molar-refractivity contribution in [2.75, 3.05) is 13.2 Å². The van der Waals surface area contributed by atoms with Gasteiger partial charge in [0.2, 0.25) is 11.1 Å². The van der Waals surface area contributed by atoms with Gasteiger partial charge >= 0.3 is 18.1 Å². The second-order valence-corrected chi connectivity index (χ2v) is 3.88. The predicted molar refractivity (Wildman–Crippen MR) is 60.1 cm³/mol. The quantitative estimate of drug-likeness (QED) is 0.416. The second-order valence-electron chi connectivity index (χ2n) is 2.91. The van der Waals surface area contributed by atoms with Crippen molar-refractivity contribution in [3.63, 3.8) is 0 Å². The summed E-state index contributed by atoms with van der Waals surface area (Å²) in [6.07, 6.45) is -1.17. The summed E-state index contributed by atoms with van der Waals surface area (Å²) in [4.78, 5) is 31.9. The zero-order chi connectivity index (χ0) is 14.1. The van der Waals surface area contributed by atoms with Gasteiger partial charge in [0.05, 0.1) is 0 Å². The van der Waals surface area contributed by atoms with Crippen LogP contribution in [0.2, 0.25) is 0 Å². The number of carbonyl (C=O) groups is 3. The fraction of sp³-hybridized carbons (Fsp3) is 0.667. The Morgan fingerprint density at radius 3 is 1.50 bits per heavy atom. The first-order valence-corrected chi connectivity index (χ1v) is 5.60. The zero-order valence-corrected chi connectivity index (χ0v) is 11.2. The molecule has 0 heterocycles. The van der Waals surface area contributed by atoms with Crippen molar-refractivity contribution in [1.82, 2.24) is 0 Å². The number of hydrogen-bond acceptors (Lipinski definition) is 7. The van der Waals surface area contributed by atoms with Gasteiger partial charge in [-0.05, 0) is 0 Å². The lowest BCUT2D eigenvalue weighted by molar-refractivity contribution is -0.143. The molecular weight excluding hydrogens is 291 g/mol. The molecule has 0 aliphatic heterocycles. The minimum Gasteiger partial charge on any atom is -0.461 e. The van der Waals surface area contributed by atoms with Gasteiger partial charge in [-0.25, -0.2) is 4.79 Å². The van der Waals surface area contributed by atoms with E-state index in [0.717, 1.165) is 0 Å². The van der Waals surface area contributed by atoms with Gasteiger partial charge in [0.25, 0.3) is 0 Å². The summed E-state index contributed by atoms with van der Waals surface area (Å²) in [6.45, 7) is 1.72. The van der Waals surface area contributed by atoms with Crippen LogP contribution >= 0.6 is 23.2 Å². The van der Waals surface area contributed by atoms with Crippen LogP contribution in [-0.2, 0) is 28.5 Å². The molecule has 0 N–H and O–H groups in total. The molecule has 0 aliphatic rings. The molecule has 0 spiro atoms. The van der Waals surface area contributed by atoms with E-state index in [1.54, 1.807) is 0 Å². The fourth-order valence-electron chi connectivity index (χ4n) is 0.670. The van der Waals surface area contributed by atoms with E-state index in [1.165, 1.54) is 13.8 Å². The Hall–Kier alpha value is -1.21. The van der Waals surface area contributed by atoms with E-state index in [1.807, 2.05) is 0 Å². The molecule has 0 radical (unpaired) electrons. The Kier molecular flexibility index (Phi) is 8.23. The van der Waals surface area contributed by atoms with Crippen molar-refractivity contribution in [3.05, 3.63) is 0 Å². The first-order valence-electron chi connectivity index (χ1n) is 4.73. The van der Waals surface area contributed by atoms with Crippen molar-refractivity contribution >= 4 is 41.3 Å². The molecule has 0 aromatic heterocycles. The molecule has 2 atom stereocenters. The number of rotatable bonds is 6. The number of ether oxygens (including phenoxy) is 4. The van der Waals surface area contributed by atoms with E-state index in [9.17, 15) is 14.4 Å². The first-order chi connectivity index (χ1) is 8.31. The molecular formula is C9H12Cl2O7. The maximum Gasteiger partial charge on any atom is 0.511 e. The summed E-state index contributed by atoms with van der Waals surface area (Å²) in [6, 6.07) is 0. The molecule has 0 saturated heterocycles. The van der Waals surface area contributed by atoms with Gasteiger partial charge < -0.3 is 18.9 Å². The third-order valence-corrected chi connectivity index (χ3v) is 1.71. The molecule has 9 heteroatoms. The van der Waals surface area contributed by atoms with Crippen LogP contribution in [0.1, 0.15) is 13.8 Å². The lowest BCUT2D eigenvalue weighted by atomic mass is 10.7. The second kappa shape index (κ2) is 8.82. The Labute approximate surface area is 113 Å². The molecule has 2 unspecified atom stereocenters. The molecule has 18 heavy (non-hydrogen) atoms. The summed E-state index contributed by atoms with van der Waals surface area (Å²) in [5.74, 6) is -1.13. The number of halogens is 2. The van der Waals surface area contributed by atoms with Gasteiger partial charge in [-0.2, -0.15) is 0 Å². The molecule has 7 nitrogen and oxygen atoms in total. The minimum absolute atomic E-state index is 0.317. The zero-order valence-electron chi connectivity index (χ0n) is 9.68. The van der Waals surface area contributed by atoms with Gasteiger partial charge in [-0.3, -0.25) is 9.59 Å². The highest BCUT2D eigenvalue weighted by Crippen LogP contribution is 2.06. The first kappa shape index (κ1) is 16.8. The van der Waals surface area contributed by atoms with Crippen LogP contribution in [0.25, 0.3) is 0 Å². The highest BCUT2D eigenvalue weighted by atomic mass is 35.5. The van der Waals surface area contributed by atoms with Crippen molar-refractivity contribution in [1.29, 1.82) is 0 Å². The van der Waals surface area contributed by atoms with E-state index < -0.39 is 29.2 Å². The number of carbonyl (C=O) groups excluding carboxylic acids is 3. The predicted octanol–water partition coefficient (Wildman–Crippen LogP) is 1.40. The van der Waals surface area contributed by atoms with Crippen molar-refractivity contribution in [3.8, 4) is 0 Å². The summed E-state index contributed by atoms with van der Waals surface area (Å²) >= 11 is 11.0. The Morgan fingerprint density at radius 2 is 1.22 bits per heavy atom. The highest BCUT2D eigenvalue weighted by molar-refractivity contribution is 6.21. The molecule has 0 bridgehead atoms. The van der Waals surface area contributed by atoms with Gasteiger partial charge in [-0.1, -0.05) is 23.2 Å². The van der Waals surface area contributed by atoms with Crippen LogP contribution in [0.5, 0.6) is 0 Å². The van der Waals surface area contributed by atoms with Crippen LogP contribution in [0.3, 0.4) is 0 Å². The number of alkyl halides is 2. The smallest absolute Gasteiger partial charge is 0.461 e. The van der Waals surface area contributed by atoms with E-state index in [4.69, 9.17) is 23.2 Å². The molecule has 0 aliphatic carbocycles. The summed E-state index contributed by atoms with van der Waals surface area (Å²) in [5.41, 5.74) is -2.39. The highest BCUT2D eigenvalue weighted by Gasteiger charge is 2.18. The van der Waals surface area contributed by atoms with Gasteiger partial charge in [0.1, 0.15) is 13.2 Å². The average Bonchev–Trinajstić information content (AvgIpc) is 2.23. The van der Waals surface area contributed by atoms with Crippen molar-refractivity contribution in [2.45, 2.75) is 25.0 Å². The SMILES string of the molecule is CC(=O)OCC(Cl)OC(=O)OC(Cl)COC(C)=O.